The van der Waals surface area contributed by atoms with E-state index in [0.29, 0.717) is 24.3 Å². The van der Waals surface area contributed by atoms with Crippen molar-refractivity contribution in [3.05, 3.63) is 41.0 Å². The number of carbonyl (C=O) groups is 2. The van der Waals surface area contributed by atoms with Gasteiger partial charge >= 0.3 is 11.9 Å². The van der Waals surface area contributed by atoms with Crippen LogP contribution in [0.1, 0.15) is 143 Å². The van der Waals surface area contributed by atoms with Gasteiger partial charge in [0.1, 0.15) is 0 Å². The highest BCUT2D eigenvalue weighted by molar-refractivity contribution is 6.03. The molecule has 0 spiro atoms. The Morgan fingerprint density at radius 2 is 1.26 bits per heavy atom. The van der Waals surface area contributed by atoms with Crippen LogP contribution in [0.3, 0.4) is 0 Å². The molecule has 0 bridgehead atoms. The second-order valence-corrected chi connectivity index (χ2v) is 9.54. The Labute approximate surface area is 207 Å². The first-order chi connectivity index (χ1) is 16.7. The number of ether oxygens (including phenoxy) is 2. The van der Waals surface area contributed by atoms with Gasteiger partial charge in [0.15, 0.2) is 0 Å². The molecule has 34 heavy (non-hydrogen) atoms. The Hall–Kier alpha value is -2.10. The number of rotatable bonds is 17. The Morgan fingerprint density at radius 1 is 0.706 bits per heavy atom. The molecule has 1 aliphatic rings. The molecule has 0 atom stereocenters. The van der Waals surface area contributed by atoms with Gasteiger partial charge in [-0.3, -0.25) is 0 Å². The summed E-state index contributed by atoms with van der Waals surface area (Å²) in [6.07, 6.45) is 20.3. The van der Waals surface area contributed by atoms with Crippen LogP contribution in [0.25, 0.3) is 5.57 Å². The van der Waals surface area contributed by atoms with Crippen molar-refractivity contribution in [2.24, 2.45) is 0 Å². The maximum atomic E-state index is 13.0. The van der Waals surface area contributed by atoms with Gasteiger partial charge in [-0.05, 0) is 61.8 Å². The van der Waals surface area contributed by atoms with E-state index < -0.39 is 11.9 Å². The van der Waals surface area contributed by atoms with E-state index in [0.717, 1.165) is 50.5 Å². The molecule has 0 unspecified atom stereocenters. The van der Waals surface area contributed by atoms with Crippen LogP contribution in [0.4, 0.5) is 0 Å². The van der Waals surface area contributed by atoms with Crippen LogP contribution in [0, 0.1) is 0 Å². The monoisotopic (exact) mass is 470 g/mol. The summed E-state index contributed by atoms with van der Waals surface area (Å²) in [5.74, 6) is -0.845. The zero-order chi connectivity index (χ0) is 24.4. The second-order valence-electron chi connectivity index (χ2n) is 9.54. The van der Waals surface area contributed by atoms with Crippen molar-refractivity contribution in [1.29, 1.82) is 0 Å². The lowest BCUT2D eigenvalue weighted by atomic mass is 9.91. The summed E-state index contributed by atoms with van der Waals surface area (Å²) >= 11 is 0. The third kappa shape index (κ3) is 10.4. The van der Waals surface area contributed by atoms with Crippen molar-refractivity contribution in [2.45, 2.75) is 117 Å². The summed E-state index contributed by atoms with van der Waals surface area (Å²) < 4.78 is 11.1. The second kappa shape index (κ2) is 17.4. The number of unbranched alkanes of at least 4 members (excludes halogenated alkanes) is 10. The molecule has 0 radical (unpaired) electrons. The molecule has 0 heterocycles. The van der Waals surface area contributed by atoms with Crippen molar-refractivity contribution in [3.8, 4) is 0 Å². The molecule has 4 nitrogen and oxygen atoms in total. The van der Waals surface area contributed by atoms with E-state index in [2.05, 4.69) is 19.9 Å². The van der Waals surface area contributed by atoms with Crippen molar-refractivity contribution in [2.75, 3.05) is 13.2 Å². The number of carbonyl (C=O) groups excluding carboxylic acids is 2. The predicted octanol–water partition coefficient (Wildman–Crippen LogP) is 8.68. The Kier molecular flexibility index (Phi) is 14.4. The van der Waals surface area contributed by atoms with Gasteiger partial charge in [-0.2, -0.15) is 0 Å². The van der Waals surface area contributed by atoms with Crippen molar-refractivity contribution >= 4 is 17.5 Å². The molecule has 0 amide bonds. The lowest BCUT2D eigenvalue weighted by Crippen LogP contribution is -2.15. The van der Waals surface area contributed by atoms with Gasteiger partial charge in [0, 0.05) is 0 Å². The largest absolute Gasteiger partial charge is 0.462 e. The van der Waals surface area contributed by atoms with E-state index in [1.165, 1.54) is 63.4 Å². The third-order valence-electron chi connectivity index (χ3n) is 6.58. The molecule has 1 aromatic carbocycles. The minimum absolute atomic E-state index is 0.319. The van der Waals surface area contributed by atoms with E-state index in [9.17, 15) is 9.59 Å². The highest BCUT2D eigenvalue weighted by Crippen LogP contribution is 2.28. The fourth-order valence-electron chi connectivity index (χ4n) is 4.44. The number of esters is 2. The maximum Gasteiger partial charge on any atom is 0.339 e. The smallest absolute Gasteiger partial charge is 0.339 e. The van der Waals surface area contributed by atoms with Gasteiger partial charge in [-0.1, -0.05) is 90.2 Å². The molecule has 0 fully saturated rings. The summed E-state index contributed by atoms with van der Waals surface area (Å²) in [4.78, 5) is 25.8. The summed E-state index contributed by atoms with van der Waals surface area (Å²) in [7, 11) is 0. The number of hydrogen-bond donors (Lipinski definition) is 0. The molecule has 1 aromatic rings. The first-order valence-corrected chi connectivity index (χ1v) is 13.8. The van der Waals surface area contributed by atoms with E-state index in [1.54, 1.807) is 6.07 Å². The minimum Gasteiger partial charge on any atom is -0.462 e. The molecule has 2 rings (SSSR count). The fraction of sp³-hybridized carbons (Fsp3) is 0.667. The van der Waals surface area contributed by atoms with Crippen LogP contribution >= 0.6 is 0 Å². The van der Waals surface area contributed by atoms with Crippen molar-refractivity contribution in [3.63, 3.8) is 0 Å². The third-order valence-corrected chi connectivity index (χ3v) is 6.58. The molecule has 4 heteroatoms. The summed E-state index contributed by atoms with van der Waals surface area (Å²) in [5.41, 5.74) is 2.92. The van der Waals surface area contributed by atoms with E-state index in [4.69, 9.17) is 9.47 Å². The van der Waals surface area contributed by atoms with Crippen LogP contribution in [-0.4, -0.2) is 25.2 Å². The average molecular weight is 471 g/mol. The zero-order valence-corrected chi connectivity index (χ0v) is 21.7. The van der Waals surface area contributed by atoms with Crippen LogP contribution < -0.4 is 0 Å². The topological polar surface area (TPSA) is 52.6 Å². The number of hydrogen-bond acceptors (Lipinski definition) is 4. The SMILES string of the molecule is CCCCCCCCOC(=O)c1ccc(C2=CCCCC2)cc1C(=O)OCCCCCCCC. The minimum atomic E-state index is -0.427. The summed E-state index contributed by atoms with van der Waals surface area (Å²) in [6, 6.07) is 5.53. The van der Waals surface area contributed by atoms with E-state index >= 15 is 0 Å². The van der Waals surface area contributed by atoms with Crippen LogP contribution in [0.2, 0.25) is 0 Å². The first kappa shape index (κ1) is 28.1. The molecule has 0 saturated carbocycles. The molecule has 0 aromatic heterocycles. The van der Waals surface area contributed by atoms with Crippen molar-refractivity contribution in [1.82, 2.24) is 0 Å². The standard InChI is InChI=1S/C30H46O4/c1-3-5-7-9-11-16-22-33-29(31)27-21-20-26(25-18-14-13-15-19-25)24-28(27)30(32)34-23-17-12-10-8-6-4-2/h18,20-21,24H,3-17,19,22-23H2,1-2H3. The average Bonchev–Trinajstić information content (AvgIpc) is 2.87. The van der Waals surface area contributed by atoms with Gasteiger partial charge in [-0.15, -0.1) is 0 Å². The van der Waals surface area contributed by atoms with Crippen LogP contribution in [0.15, 0.2) is 24.3 Å². The number of allylic oxidation sites excluding steroid dienone is 2. The normalized spacial score (nSPS) is 13.4. The first-order valence-electron chi connectivity index (χ1n) is 13.8. The Balaban J connectivity index is 1.97. The zero-order valence-electron chi connectivity index (χ0n) is 21.7. The fourth-order valence-corrected chi connectivity index (χ4v) is 4.44. The van der Waals surface area contributed by atoms with Gasteiger partial charge in [0.2, 0.25) is 0 Å². The summed E-state index contributed by atoms with van der Waals surface area (Å²) in [5, 5.41) is 0. The predicted molar refractivity (Wildman–Crippen MR) is 140 cm³/mol. The van der Waals surface area contributed by atoms with Crippen LogP contribution in [-0.2, 0) is 9.47 Å². The summed E-state index contributed by atoms with van der Waals surface area (Å²) in [6.45, 7) is 5.19. The van der Waals surface area contributed by atoms with Gasteiger partial charge in [0.25, 0.3) is 0 Å². The molecular weight excluding hydrogens is 424 g/mol. The molecule has 0 saturated heterocycles. The van der Waals surface area contributed by atoms with E-state index in [1.807, 2.05) is 12.1 Å². The lowest BCUT2D eigenvalue weighted by Gasteiger charge is -2.16. The number of benzene rings is 1. The lowest BCUT2D eigenvalue weighted by molar-refractivity contribution is 0.0450. The van der Waals surface area contributed by atoms with Crippen molar-refractivity contribution < 1.29 is 19.1 Å². The van der Waals surface area contributed by atoms with Gasteiger partial charge < -0.3 is 9.47 Å². The van der Waals surface area contributed by atoms with Gasteiger partial charge in [0.05, 0.1) is 24.3 Å². The van der Waals surface area contributed by atoms with Gasteiger partial charge in [-0.25, -0.2) is 9.59 Å². The molecule has 0 N–H and O–H groups in total. The highest BCUT2D eigenvalue weighted by Gasteiger charge is 2.21. The highest BCUT2D eigenvalue weighted by atomic mass is 16.5. The van der Waals surface area contributed by atoms with E-state index in [-0.39, 0.29) is 0 Å². The quantitative estimate of drug-likeness (QED) is 0.169. The molecule has 1 aliphatic carbocycles. The molecular formula is C30H46O4. The Bertz CT molecular complexity index is 765. The molecule has 190 valence electrons. The van der Waals surface area contributed by atoms with Crippen LogP contribution in [0.5, 0.6) is 0 Å². The Morgan fingerprint density at radius 3 is 1.82 bits per heavy atom. The maximum absolute atomic E-state index is 13.0. The molecule has 0 aliphatic heterocycles.